The first-order chi connectivity index (χ1) is 18.5. The van der Waals surface area contributed by atoms with E-state index in [0.717, 1.165) is 41.7 Å². The normalized spacial score (nSPS) is 16.3. The second-order valence-corrected chi connectivity index (χ2v) is 10.5. The maximum Gasteiger partial charge on any atom is 0.124 e. The van der Waals surface area contributed by atoms with E-state index in [1.807, 2.05) is 31.2 Å². The molecule has 0 fully saturated rings. The van der Waals surface area contributed by atoms with E-state index in [0.29, 0.717) is 21.7 Å². The molecule has 7 heteroatoms. The fourth-order valence-electron chi connectivity index (χ4n) is 4.76. The van der Waals surface area contributed by atoms with Gasteiger partial charge < -0.3 is 9.64 Å². The fourth-order valence-corrected chi connectivity index (χ4v) is 5.43. The largest absolute Gasteiger partial charge is 0.486 e. The van der Waals surface area contributed by atoms with Gasteiger partial charge in [0.2, 0.25) is 0 Å². The molecular formula is C31H30Cl2N4O. The van der Waals surface area contributed by atoms with Gasteiger partial charge in [0.1, 0.15) is 11.9 Å². The summed E-state index contributed by atoms with van der Waals surface area (Å²) in [5, 5.41) is 9.56. The Labute approximate surface area is 233 Å². The molecular weight excluding hydrogens is 515 g/mol. The summed E-state index contributed by atoms with van der Waals surface area (Å²) in [5.74, 6) is 1.22. The van der Waals surface area contributed by atoms with Crippen LogP contribution in [0, 0.1) is 5.92 Å². The van der Waals surface area contributed by atoms with Crippen LogP contribution in [0.25, 0.3) is 17.0 Å². The molecule has 0 saturated heterocycles. The summed E-state index contributed by atoms with van der Waals surface area (Å²) >= 11 is 12.6. The number of hydrogen-bond donors (Lipinski definition) is 1. The van der Waals surface area contributed by atoms with Crippen molar-refractivity contribution in [2.24, 2.45) is 5.92 Å². The second-order valence-electron chi connectivity index (χ2n) is 9.67. The molecule has 2 heterocycles. The average molecular weight is 546 g/mol. The van der Waals surface area contributed by atoms with E-state index in [4.69, 9.17) is 27.9 Å². The molecule has 194 valence electrons. The van der Waals surface area contributed by atoms with Crippen LogP contribution in [-0.4, -0.2) is 33.7 Å². The first-order valence-corrected chi connectivity index (χ1v) is 13.4. The van der Waals surface area contributed by atoms with Gasteiger partial charge in [0.25, 0.3) is 0 Å². The number of pyridine rings is 1. The number of nitrogens with one attached hydrogen (secondary N) is 1. The summed E-state index contributed by atoms with van der Waals surface area (Å²) in [5.41, 5.74) is 5.05. The maximum absolute atomic E-state index is 6.31. The fraction of sp³-hybridized carbons (Fsp3) is 0.226. The lowest BCUT2D eigenvalue weighted by Gasteiger charge is -2.23. The highest BCUT2D eigenvalue weighted by Gasteiger charge is 2.17. The Morgan fingerprint density at radius 2 is 1.89 bits per heavy atom. The summed E-state index contributed by atoms with van der Waals surface area (Å²) in [6.45, 7) is 3.91. The molecule has 0 saturated carbocycles. The van der Waals surface area contributed by atoms with Crippen molar-refractivity contribution in [3.05, 3.63) is 118 Å². The van der Waals surface area contributed by atoms with Gasteiger partial charge in [-0.1, -0.05) is 77.8 Å². The number of benzene rings is 2. The zero-order chi connectivity index (χ0) is 26.5. The van der Waals surface area contributed by atoms with Crippen LogP contribution in [0.1, 0.15) is 36.3 Å². The van der Waals surface area contributed by atoms with Crippen molar-refractivity contribution in [1.29, 1.82) is 0 Å². The third-order valence-corrected chi connectivity index (χ3v) is 7.27. The quantitative estimate of drug-likeness (QED) is 0.231. The number of fused-ring (bicyclic) bond motifs is 1. The number of aromatic amines is 1. The van der Waals surface area contributed by atoms with Crippen molar-refractivity contribution >= 4 is 40.2 Å². The molecule has 2 aromatic heterocycles. The van der Waals surface area contributed by atoms with E-state index in [9.17, 15) is 0 Å². The minimum Gasteiger partial charge on any atom is -0.486 e. The minimum absolute atomic E-state index is 0.335. The number of ether oxygens (including phenoxy) is 1. The number of halogens is 2. The Hall–Kier alpha value is -3.38. The lowest BCUT2D eigenvalue weighted by Crippen LogP contribution is -2.24. The lowest BCUT2D eigenvalue weighted by molar-refractivity contribution is 0.227. The van der Waals surface area contributed by atoms with Gasteiger partial charge in [-0.25, -0.2) is 0 Å². The molecule has 2 aromatic carbocycles. The highest BCUT2D eigenvalue weighted by atomic mass is 35.5. The number of rotatable bonds is 9. The molecule has 5 nitrogen and oxygen atoms in total. The van der Waals surface area contributed by atoms with E-state index in [1.165, 1.54) is 11.1 Å². The number of allylic oxidation sites excluding steroid dienone is 4. The molecule has 0 amide bonds. The predicted molar refractivity (Wildman–Crippen MR) is 157 cm³/mol. The van der Waals surface area contributed by atoms with E-state index in [1.54, 1.807) is 12.4 Å². The van der Waals surface area contributed by atoms with E-state index < -0.39 is 0 Å². The van der Waals surface area contributed by atoms with Crippen LogP contribution in [0.4, 0.5) is 0 Å². The van der Waals surface area contributed by atoms with Gasteiger partial charge in [0.15, 0.2) is 0 Å². The summed E-state index contributed by atoms with van der Waals surface area (Å²) in [6.07, 6.45) is 14.8. The van der Waals surface area contributed by atoms with Crippen LogP contribution >= 0.6 is 23.2 Å². The van der Waals surface area contributed by atoms with Crippen LogP contribution in [0.3, 0.4) is 0 Å². The van der Waals surface area contributed by atoms with Crippen LogP contribution in [-0.2, 0) is 6.54 Å². The van der Waals surface area contributed by atoms with Crippen LogP contribution in [0.2, 0.25) is 10.0 Å². The molecule has 0 aliphatic heterocycles. The topological polar surface area (TPSA) is 54.0 Å². The van der Waals surface area contributed by atoms with Gasteiger partial charge in [0, 0.05) is 36.4 Å². The van der Waals surface area contributed by atoms with E-state index in [-0.39, 0.29) is 6.10 Å². The molecule has 0 bridgehead atoms. The zero-order valence-electron chi connectivity index (χ0n) is 21.4. The smallest absolute Gasteiger partial charge is 0.124 e. The molecule has 2 atom stereocenters. The number of nitrogens with zero attached hydrogens (tertiary/aromatic N) is 3. The van der Waals surface area contributed by atoms with Crippen LogP contribution in [0.15, 0.2) is 90.8 Å². The SMILES string of the molecule is CC(Oc1ccc2[nH]nc(/C=C/C3=CCC(CN(C)Cc4ccccc4)C=C3)c2c1)c1c(Cl)cncc1Cl. The van der Waals surface area contributed by atoms with Crippen molar-refractivity contribution < 1.29 is 4.74 Å². The zero-order valence-corrected chi connectivity index (χ0v) is 23.0. The van der Waals surface area contributed by atoms with Crippen molar-refractivity contribution in [2.45, 2.75) is 26.0 Å². The van der Waals surface area contributed by atoms with Crippen molar-refractivity contribution in [1.82, 2.24) is 20.1 Å². The van der Waals surface area contributed by atoms with E-state index >= 15 is 0 Å². The minimum atomic E-state index is -0.335. The molecule has 0 spiro atoms. The van der Waals surface area contributed by atoms with Gasteiger partial charge in [-0.05, 0) is 61.7 Å². The lowest BCUT2D eigenvalue weighted by atomic mass is 9.95. The van der Waals surface area contributed by atoms with Crippen molar-refractivity contribution in [2.75, 3.05) is 13.6 Å². The monoisotopic (exact) mass is 544 g/mol. The van der Waals surface area contributed by atoms with Crippen LogP contribution in [0.5, 0.6) is 5.75 Å². The highest BCUT2D eigenvalue weighted by molar-refractivity contribution is 6.35. The maximum atomic E-state index is 6.31. The standard InChI is InChI=1S/C31H30Cl2N4O/c1-21(31-27(32)17-34-18-28(31)33)38-25-13-15-30-26(16-25)29(35-36-30)14-12-22-8-10-24(11-9-22)20-37(2)19-23-6-4-3-5-7-23/h3-10,12-18,21,24H,11,19-20H2,1-2H3,(H,35,36)/b14-12+. The van der Waals surface area contributed by atoms with Gasteiger partial charge in [-0.15, -0.1) is 0 Å². The molecule has 4 aromatic rings. The first-order valence-electron chi connectivity index (χ1n) is 12.7. The van der Waals surface area contributed by atoms with E-state index in [2.05, 4.69) is 81.8 Å². The van der Waals surface area contributed by atoms with Gasteiger partial charge in [0.05, 0.1) is 21.3 Å². The van der Waals surface area contributed by atoms with Crippen molar-refractivity contribution in [3.8, 4) is 5.75 Å². The van der Waals surface area contributed by atoms with Gasteiger partial charge in [-0.3, -0.25) is 10.1 Å². The molecule has 1 aliphatic rings. The average Bonchev–Trinajstić information content (AvgIpc) is 3.31. The van der Waals surface area contributed by atoms with Crippen molar-refractivity contribution in [3.63, 3.8) is 0 Å². The van der Waals surface area contributed by atoms with Gasteiger partial charge >= 0.3 is 0 Å². The Morgan fingerprint density at radius 1 is 1.11 bits per heavy atom. The molecule has 0 radical (unpaired) electrons. The molecule has 1 N–H and O–H groups in total. The third-order valence-electron chi connectivity index (χ3n) is 6.67. The molecule has 1 aliphatic carbocycles. The molecule has 2 unspecified atom stereocenters. The number of H-pyrrole nitrogens is 1. The highest BCUT2D eigenvalue weighted by Crippen LogP contribution is 2.33. The summed E-state index contributed by atoms with van der Waals surface area (Å²) in [7, 11) is 2.18. The number of aromatic nitrogens is 3. The first kappa shape index (κ1) is 26.2. The Bertz CT molecular complexity index is 1470. The molecule has 5 rings (SSSR count). The summed E-state index contributed by atoms with van der Waals surface area (Å²) in [4.78, 5) is 6.40. The Balaban J connectivity index is 1.22. The second kappa shape index (κ2) is 12.0. The van der Waals surface area contributed by atoms with Crippen LogP contribution < -0.4 is 4.74 Å². The van der Waals surface area contributed by atoms with Gasteiger partial charge in [-0.2, -0.15) is 5.10 Å². The predicted octanol–water partition coefficient (Wildman–Crippen LogP) is 8.05. The third kappa shape index (κ3) is 6.36. The number of hydrogen-bond acceptors (Lipinski definition) is 4. The summed E-state index contributed by atoms with van der Waals surface area (Å²) < 4.78 is 6.18. The molecule has 38 heavy (non-hydrogen) atoms. The summed E-state index contributed by atoms with van der Waals surface area (Å²) in [6, 6.07) is 16.5. The Kier molecular flexibility index (Phi) is 8.28. The Morgan fingerprint density at radius 3 is 2.63 bits per heavy atom.